The lowest BCUT2D eigenvalue weighted by molar-refractivity contribution is -0.0179. The largest absolute Gasteiger partial charge is 0.368 e. The number of nitrogens with two attached hydrogens (primary N) is 1. The van der Waals surface area contributed by atoms with Crippen LogP contribution in [0.5, 0.6) is 0 Å². The number of hydrogen-bond donors (Lipinski definition) is 2. The lowest BCUT2D eigenvalue weighted by Crippen LogP contribution is -2.19. The van der Waals surface area contributed by atoms with Crippen LogP contribution < -0.4 is 5.73 Å². The summed E-state index contributed by atoms with van der Waals surface area (Å²) in [5.41, 5.74) is 5.14. The third-order valence-electron chi connectivity index (χ3n) is 1.19. The molecular weight excluding hydrogens is 156 g/mol. The Bertz CT molecular complexity index is 250. The maximum Gasteiger partial charge on any atom is 0.239 e. The van der Waals surface area contributed by atoms with E-state index in [4.69, 9.17) is 10.5 Å². The fourth-order valence-electron chi connectivity index (χ4n) is 0.659. The molecule has 5 heteroatoms. The van der Waals surface area contributed by atoms with E-state index in [0.29, 0.717) is 12.4 Å². The van der Waals surface area contributed by atoms with Crippen molar-refractivity contribution in [1.29, 1.82) is 0 Å². The molecule has 0 saturated carbocycles. The van der Waals surface area contributed by atoms with Gasteiger partial charge >= 0.3 is 0 Å². The number of hydrogen-bond acceptors (Lipinski definition) is 4. The zero-order chi connectivity index (χ0) is 9.19. The van der Waals surface area contributed by atoms with E-state index in [9.17, 15) is 0 Å². The molecule has 0 amide bonds. The zero-order valence-corrected chi connectivity index (χ0v) is 7.59. The second-order valence-corrected chi connectivity index (χ2v) is 3.54. The highest BCUT2D eigenvalue weighted by molar-refractivity contribution is 5.11. The highest BCUT2D eigenvalue weighted by Gasteiger charge is 2.11. The molecule has 0 atom stereocenters. The van der Waals surface area contributed by atoms with Crippen molar-refractivity contribution in [1.82, 2.24) is 15.2 Å². The second-order valence-electron chi connectivity index (χ2n) is 3.54. The van der Waals surface area contributed by atoms with E-state index in [1.807, 2.05) is 20.8 Å². The molecule has 1 heterocycles. The maximum absolute atomic E-state index is 5.44. The second kappa shape index (κ2) is 3.10. The van der Waals surface area contributed by atoms with Crippen molar-refractivity contribution in [2.24, 2.45) is 0 Å². The predicted octanol–water partition coefficient (Wildman–Crippen LogP) is 0.702. The van der Waals surface area contributed by atoms with E-state index in [-0.39, 0.29) is 11.5 Å². The molecule has 0 aliphatic rings. The highest BCUT2D eigenvalue weighted by Crippen LogP contribution is 2.09. The van der Waals surface area contributed by atoms with E-state index in [0.717, 1.165) is 0 Å². The van der Waals surface area contributed by atoms with Gasteiger partial charge < -0.3 is 10.5 Å². The Labute approximate surface area is 71.3 Å². The number of nitrogens with one attached hydrogen (secondary N) is 1. The van der Waals surface area contributed by atoms with Crippen LogP contribution >= 0.6 is 0 Å². The molecule has 0 unspecified atom stereocenters. The smallest absolute Gasteiger partial charge is 0.239 e. The minimum atomic E-state index is -0.165. The van der Waals surface area contributed by atoms with Crippen LogP contribution in [0.1, 0.15) is 26.6 Å². The van der Waals surface area contributed by atoms with Gasteiger partial charge in [0.05, 0.1) is 5.60 Å². The topological polar surface area (TPSA) is 76.8 Å². The summed E-state index contributed by atoms with van der Waals surface area (Å²) in [6.45, 7) is 6.35. The van der Waals surface area contributed by atoms with E-state index in [2.05, 4.69) is 15.2 Å². The number of aromatic nitrogens is 3. The Balaban J connectivity index is 2.44. The highest BCUT2D eigenvalue weighted by atomic mass is 16.5. The molecule has 0 bridgehead atoms. The molecule has 0 fully saturated rings. The molecule has 3 N–H and O–H groups in total. The van der Waals surface area contributed by atoms with Gasteiger partial charge in [0, 0.05) is 0 Å². The first-order valence-electron chi connectivity index (χ1n) is 3.78. The average Bonchev–Trinajstić information content (AvgIpc) is 2.30. The summed E-state index contributed by atoms with van der Waals surface area (Å²) < 4.78 is 5.44. The lowest BCUT2D eigenvalue weighted by Gasteiger charge is -2.18. The number of rotatable bonds is 2. The first-order valence-corrected chi connectivity index (χ1v) is 3.78. The average molecular weight is 170 g/mol. The van der Waals surface area contributed by atoms with Crippen LogP contribution in [-0.4, -0.2) is 20.8 Å². The molecule has 0 radical (unpaired) electrons. The summed E-state index contributed by atoms with van der Waals surface area (Å²) in [4.78, 5) is 3.90. The standard InChI is InChI=1S/C7H14N4O/c1-7(2,3)12-4-5-9-6(8)11-10-5/h4H2,1-3H3,(H3,8,9,10,11). The number of aromatic amines is 1. The SMILES string of the molecule is CC(C)(C)OCc1nc(N)n[nH]1. The van der Waals surface area contributed by atoms with Gasteiger partial charge in [-0.05, 0) is 20.8 Å². The zero-order valence-electron chi connectivity index (χ0n) is 7.59. The summed E-state index contributed by atoms with van der Waals surface area (Å²) >= 11 is 0. The molecule has 0 spiro atoms. The molecular formula is C7H14N4O. The Morgan fingerprint density at radius 1 is 1.50 bits per heavy atom. The maximum atomic E-state index is 5.44. The van der Waals surface area contributed by atoms with Crippen LogP contribution in [-0.2, 0) is 11.3 Å². The number of anilines is 1. The van der Waals surface area contributed by atoms with Crippen molar-refractivity contribution in [2.45, 2.75) is 33.0 Å². The van der Waals surface area contributed by atoms with E-state index in [1.165, 1.54) is 0 Å². The first kappa shape index (κ1) is 8.99. The third-order valence-corrected chi connectivity index (χ3v) is 1.19. The molecule has 68 valence electrons. The fraction of sp³-hybridized carbons (Fsp3) is 0.714. The molecule has 1 aromatic heterocycles. The minimum absolute atomic E-state index is 0.165. The molecule has 12 heavy (non-hydrogen) atoms. The minimum Gasteiger partial charge on any atom is -0.368 e. The van der Waals surface area contributed by atoms with Gasteiger partial charge in [-0.2, -0.15) is 4.98 Å². The van der Waals surface area contributed by atoms with Gasteiger partial charge in [0.25, 0.3) is 0 Å². The van der Waals surface area contributed by atoms with Crippen molar-refractivity contribution >= 4 is 5.95 Å². The fourth-order valence-corrected chi connectivity index (χ4v) is 0.659. The Kier molecular flexibility index (Phi) is 2.32. The van der Waals surface area contributed by atoms with Crippen LogP contribution in [0.15, 0.2) is 0 Å². The van der Waals surface area contributed by atoms with Crippen LogP contribution in [0.3, 0.4) is 0 Å². The van der Waals surface area contributed by atoms with E-state index < -0.39 is 0 Å². The summed E-state index contributed by atoms with van der Waals surface area (Å²) in [5, 5.41) is 6.35. The van der Waals surface area contributed by atoms with Gasteiger partial charge in [-0.1, -0.05) is 0 Å². The van der Waals surface area contributed by atoms with Gasteiger partial charge in [0.2, 0.25) is 5.95 Å². The van der Waals surface area contributed by atoms with Gasteiger partial charge in [-0.3, -0.25) is 5.10 Å². The van der Waals surface area contributed by atoms with Crippen molar-refractivity contribution < 1.29 is 4.74 Å². The molecule has 1 aromatic rings. The van der Waals surface area contributed by atoms with Crippen LogP contribution in [0.2, 0.25) is 0 Å². The van der Waals surface area contributed by atoms with Gasteiger partial charge in [-0.15, -0.1) is 5.10 Å². The monoisotopic (exact) mass is 170 g/mol. The van der Waals surface area contributed by atoms with Crippen LogP contribution in [0.4, 0.5) is 5.95 Å². The lowest BCUT2D eigenvalue weighted by atomic mass is 10.2. The number of nitrogens with zero attached hydrogens (tertiary/aromatic N) is 2. The van der Waals surface area contributed by atoms with Crippen molar-refractivity contribution in [3.63, 3.8) is 0 Å². The summed E-state index contributed by atoms with van der Waals surface area (Å²) in [6.07, 6.45) is 0. The van der Waals surface area contributed by atoms with Gasteiger partial charge in [0.15, 0.2) is 5.82 Å². The van der Waals surface area contributed by atoms with E-state index >= 15 is 0 Å². The third kappa shape index (κ3) is 2.87. The quantitative estimate of drug-likeness (QED) is 0.685. The molecule has 1 rings (SSSR count). The summed E-state index contributed by atoms with van der Waals surface area (Å²) in [6, 6.07) is 0. The van der Waals surface area contributed by atoms with Crippen molar-refractivity contribution in [2.75, 3.05) is 5.73 Å². The van der Waals surface area contributed by atoms with Crippen molar-refractivity contribution in [3.05, 3.63) is 5.82 Å². The summed E-state index contributed by atoms with van der Waals surface area (Å²) in [7, 11) is 0. The Morgan fingerprint density at radius 3 is 2.58 bits per heavy atom. The molecule has 0 aliphatic heterocycles. The number of ether oxygens (including phenoxy) is 1. The Hall–Kier alpha value is -1.10. The molecule has 0 aromatic carbocycles. The van der Waals surface area contributed by atoms with Crippen molar-refractivity contribution in [3.8, 4) is 0 Å². The van der Waals surface area contributed by atoms with Gasteiger partial charge in [0.1, 0.15) is 6.61 Å². The molecule has 0 saturated heterocycles. The molecule has 0 aliphatic carbocycles. The first-order chi connectivity index (χ1) is 5.47. The van der Waals surface area contributed by atoms with Crippen LogP contribution in [0, 0.1) is 0 Å². The number of nitrogen functional groups attached to an aromatic ring is 1. The van der Waals surface area contributed by atoms with Crippen LogP contribution in [0.25, 0.3) is 0 Å². The Morgan fingerprint density at radius 2 is 2.17 bits per heavy atom. The summed E-state index contributed by atoms with van der Waals surface area (Å²) in [5.74, 6) is 0.907. The molecule has 5 nitrogen and oxygen atoms in total. The van der Waals surface area contributed by atoms with E-state index in [1.54, 1.807) is 0 Å². The predicted molar refractivity (Wildman–Crippen MR) is 45.3 cm³/mol. The number of H-pyrrole nitrogens is 1. The normalized spacial score (nSPS) is 11.9. The van der Waals surface area contributed by atoms with Gasteiger partial charge in [-0.25, -0.2) is 0 Å².